The normalized spacial score (nSPS) is 15.0. The van der Waals surface area contributed by atoms with Crippen molar-refractivity contribution in [1.82, 2.24) is 5.32 Å². The molecular formula is C47H81N2O6P. The van der Waals surface area contributed by atoms with E-state index in [-0.39, 0.29) is 32.1 Å². The van der Waals surface area contributed by atoms with Gasteiger partial charge in [-0.3, -0.25) is 13.8 Å². The number of unbranched alkanes of at least 4 members (excludes halogenated alkanes) is 13. The zero-order valence-corrected chi connectivity index (χ0v) is 36.2. The summed E-state index contributed by atoms with van der Waals surface area (Å²) in [6, 6.07) is -0.907. The van der Waals surface area contributed by atoms with E-state index < -0.39 is 20.0 Å². The number of amides is 1. The third-order valence-corrected chi connectivity index (χ3v) is 9.86. The van der Waals surface area contributed by atoms with Gasteiger partial charge in [0, 0.05) is 13.0 Å². The fourth-order valence-electron chi connectivity index (χ4n) is 5.60. The fraction of sp³-hybridized carbons (Fsp3) is 0.638. The maximum absolute atomic E-state index is 12.8. The second kappa shape index (κ2) is 42.0. The van der Waals surface area contributed by atoms with Gasteiger partial charge in [0.15, 0.2) is 0 Å². The van der Waals surface area contributed by atoms with Crippen LogP contribution < -0.4 is 11.1 Å². The topological polar surface area (TPSA) is 131 Å². The van der Waals surface area contributed by atoms with E-state index in [1.165, 1.54) is 57.8 Å². The van der Waals surface area contributed by atoms with Crippen LogP contribution in [0, 0.1) is 0 Å². The predicted octanol–water partition coefficient (Wildman–Crippen LogP) is 12.4. The van der Waals surface area contributed by atoms with Crippen LogP contribution in [-0.4, -0.2) is 47.8 Å². The summed E-state index contributed by atoms with van der Waals surface area (Å²) < 4.78 is 22.1. The van der Waals surface area contributed by atoms with Crippen molar-refractivity contribution in [2.45, 2.75) is 174 Å². The molecule has 9 heteroatoms. The summed E-state index contributed by atoms with van der Waals surface area (Å²) >= 11 is 0. The molecule has 0 radical (unpaired) electrons. The molecule has 0 fully saturated rings. The zero-order chi connectivity index (χ0) is 41.1. The van der Waals surface area contributed by atoms with Gasteiger partial charge in [-0.15, -0.1) is 0 Å². The summed E-state index contributed by atoms with van der Waals surface area (Å²) in [7, 11) is -4.37. The highest BCUT2D eigenvalue weighted by Gasteiger charge is 2.26. The zero-order valence-electron chi connectivity index (χ0n) is 35.3. The van der Waals surface area contributed by atoms with Gasteiger partial charge >= 0.3 is 7.82 Å². The van der Waals surface area contributed by atoms with Crippen molar-refractivity contribution >= 4 is 13.7 Å². The van der Waals surface area contributed by atoms with E-state index in [2.05, 4.69) is 104 Å². The van der Waals surface area contributed by atoms with Gasteiger partial charge in [-0.25, -0.2) is 4.57 Å². The molecule has 0 aromatic heterocycles. The van der Waals surface area contributed by atoms with E-state index in [1.807, 2.05) is 6.08 Å². The van der Waals surface area contributed by atoms with Crippen molar-refractivity contribution in [3.8, 4) is 0 Å². The van der Waals surface area contributed by atoms with Gasteiger partial charge in [-0.05, 0) is 89.9 Å². The van der Waals surface area contributed by atoms with E-state index in [4.69, 9.17) is 14.8 Å². The number of rotatable bonds is 39. The number of allylic oxidation sites excluding steroid dienone is 15. The Morgan fingerprint density at radius 1 is 0.607 bits per heavy atom. The molecule has 0 rings (SSSR count). The highest BCUT2D eigenvalue weighted by molar-refractivity contribution is 7.47. The number of carbonyl (C=O) groups is 1. The number of phosphoric acid groups is 1. The molecular weight excluding hydrogens is 719 g/mol. The highest BCUT2D eigenvalue weighted by atomic mass is 31.2. The van der Waals surface area contributed by atoms with Crippen molar-refractivity contribution in [1.29, 1.82) is 0 Å². The highest BCUT2D eigenvalue weighted by Crippen LogP contribution is 2.43. The third-order valence-electron chi connectivity index (χ3n) is 8.87. The molecule has 3 unspecified atom stereocenters. The summed E-state index contributed by atoms with van der Waals surface area (Å²) in [5.41, 5.74) is 5.37. The van der Waals surface area contributed by atoms with Gasteiger partial charge in [-0.2, -0.15) is 0 Å². The van der Waals surface area contributed by atoms with Crippen molar-refractivity contribution in [2.75, 3.05) is 19.8 Å². The van der Waals surface area contributed by atoms with Crippen molar-refractivity contribution in [2.24, 2.45) is 5.73 Å². The molecule has 56 heavy (non-hydrogen) atoms. The van der Waals surface area contributed by atoms with E-state index in [1.54, 1.807) is 6.08 Å². The van der Waals surface area contributed by atoms with Gasteiger partial charge in [0.1, 0.15) is 0 Å². The Bertz CT molecular complexity index is 1190. The van der Waals surface area contributed by atoms with Crippen LogP contribution in [0.2, 0.25) is 0 Å². The summed E-state index contributed by atoms with van der Waals surface area (Å²) in [6.07, 6.45) is 57.4. The number of nitrogens with two attached hydrogens (primary N) is 1. The number of hydrogen-bond acceptors (Lipinski definition) is 6. The smallest absolute Gasteiger partial charge is 0.387 e. The lowest BCUT2D eigenvalue weighted by atomic mass is 10.1. The Balaban J connectivity index is 4.40. The molecule has 320 valence electrons. The number of hydrogen-bond donors (Lipinski definition) is 4. The molecule has 0 spiro atoms. The van der Waals surface area contributed by atoms with Gasteiger partial charge in [0.25, 0.3) is 0 Å². The number of nitrogens with one attached hydrogen (secondary N) is 1. The van der Waals surface area contributed by atoms with Crippen LogP contribution >= 0.6 is 7.82 Å². The van der Waals surface area contributed by atoms with Crippen LogP contribution in [0.1, 0.15) is 162 Å². The average molecular weight is 801 g/mol. The minimum atomic E-state index is -4.37. The molecule has 3 atom stereocenters. The Labute approximate surface area is 342 Å². The molecule has 0 aliphatic heterocycles. The third kappa shape index (κ3) is 39.6. The SMILES string of the molecule is CC/C=C\C/C=C\C/C=C\C/C=C\C/C=C\CCCCCC(=O)NC(COP(=O)(O)OCCN)C(O)/C=C/CC/C=C/CC/C=C/CCCCCCCCCC. The Morgan fingerprint density at radius 2 is 1.05 bits per heavy atom. The minimum Gasteiger partial charge on any atom is -0.387 e. The summed E-state index contributed by atoms with van der Waals surface area (Å²) in [6.45, 7) is 3.94. The second-order valence-electron chi connectivity index (χ2n) is 14.1. The van der Waals surface area contributed by atoms with Crippen LogP contribution in [0.5, 0.6) is 0 Å². The number of carbonyl (C=O) groups excluding carboxylic acids is 1. The second-order valence-corrected chi connectivity index (χ2v) is 15.6. The van der Waals surface area contributed by atoms with Gasteiger partial charge in [-0.1, -0.05) is 162 Å². The van der Waals surface area contributed by atoms with Gasteiger partial charge < -0.3 is 21.1 Å². The van der Waals surface area contributed by atoms with E-state index in [0.717, 1.165) is 77.0 Å². The molecule has 8 nitrogen and oxygen atoms in total. The van der Waals surface area contributed by atoms with Crippen molar-refractivity contribution in [3.63, 3.8) is 0 Å². The molecule has 0 aliphatic rings. The van der Waals surface area contributed by atoms with Crippen LogP contribution in [0.15, 0.2) is 97.2 Å². The summed E-state index contributed by atoms with van der Waals surface area (Å²) in [5, 5.41) is 13.6. The van der Waals surface area contributed by atoms with Gasteiger partial charge in [0.2, 0.25) is 5.91 Å². The quantitative estimate of drug-likeness (QED) is 0.0276. The Kier molecular flexibility index (Phi) is 40.1. The first kappa shape index (κ1) is 53.4. The van der Waals surface area contributed by atoms with Crippen LogP contribution in [-0.2, 0) is 18.4 Å². The number of aliphatic hydroxyl groups is 1. The standard InChI is InChI=1S/C47H81N2O6P/c1-3-5-7-9-11-13-15-17-19-21-23-25-27-29-31-33-35-37-39-41-47(51)49-45(44-55-56(52,53)54-43-42-48)46(50)40-38-36-34-32-30-28-26-24-22-20-18-16-14-12-10-8-6-4-2/h5,7,11,13,17,19,22-25,29-32,38,40,45-46,50H,3-4,6,8-10,12,14-16,18,20-21,26-28,33-37,39,41-44,48H2,1-2H3,(H,49,51)(H,52,53)/b7-5-,13-11-,19-17-,24-22+,25-23-,31-29-,32-30+,40-38+. The summed E-state index contributed by atoms with van der Waals surface area (Å²) in [4.78, 5) is 22.7. The molecule has 0 aliphatic carbocycles. The van der Waals surface area contributed by atoms with Crippen LogP contribution in [0.25, 0.3) is 0 Å². The maximum Gasteiger partial charge on any atom is 0.472 e. The van der Waals surface area contributed by atoms with E-state index in [0.29, 0.717) is 6.42 Å². The van der Waals surface area contributed by atoms with E-state index >= 15 is 0 Å². The molecule has 1 amide bonds. The minimum absolute atomic E-state index is 0.0605. The van der Waals surface area contributed by atoms with Gasteiger partial charge in [0.05, 0.1) is 25.4 Å². The average Bonchev–Trinajstić information content (AvgIpc) is 3.19. The van der Waals surface area contributed by atoms with Crippen molar-refractivity contribution in [3.05, 3.63) is 97.2 Å². The first-order valence-corrected chi connectivity index (χ1v) is 23.4. The maximum atomic E-state index is 12.8. The van der Waals surface area contributed by atoms with Crippen LogP contribution in [0.3, 0.4) is 0 Å². The van der Waals surface area contributed by atoms with Crippen molar-refractivity contribution < 1.29 is 28.4 Å². The number of aliphatic hydroxyl groups excluding tert-OH is 1. The van der Waals surface area contributed by atoms with E-state index in [9.17, 15) is 19.4 Å². The lowest BCUT2D eigenvalue weighted by Gasteiger charge is -2.23. The first-order valence-electron chi connectivity index (χ1n) is 21.9. The number of phosphoric ester groups is 1. The predicted molar refractivity (Wildman–Crippen MR) is 239 cm³/mol. The molecule has 0 bridgehead atoms. The molecule has 0 saturated heterocycles. The monoisotopic (exact) mass is 801 g/mol. The molecule has 0 aromatic carbocycles. The largest absolute Gasteiger partial charge is 0.472 e. The molecule has 0 aromatic rings. The molecule has 0 heterocycles. The fourth-order valence-corrected chi connectivity index (χ4v) is 6.36. The summed E-state index contributed by atoms with van der Waals surface area (Å²) in [5.74, 6) is -0.244. The lowest BCUT2D eigenvalue weighted by molar-refractivity contribution is -0.123. The Morgan fingerprint density at radius 3 is 1.59 bits per heavy atom. The van der Waals surface area contributed by atoms with Crippen LogP contribution in [0.4, 0.5) is 0 Å². The molecule has 5 N–H and O–H groups in total. The Hall–Kier alpha value is -2.58. The molecule has 0 saturated carbocycles. The lowest BCUT2D eigenvalue weighted by Crippen LogP contribution is -2.45. The first-order chi connectivity index (χ1) is 27.4.